The first-order valence-corrected chi connectivity index (χ1v) is 8.40. The molecule has 0 aliphatic rings. The monoisotopic (exact) mass is 381 g/mol. The van der Waals surface area contributed by atoms with Gasteiger partial charge in [-0.1, -0.05) is 12.1 Å². The maximum Gasteiger partial charge on any atom is 0.340 e. The molecule has 7 heteroatoms. The van der Waals surface area contributed by atoms with Crippen molar-refractivity contribution in [3.8, 4) is 0 Å². The minimum absolute atomic E-state index is 0.0844. The van der Waals surface area contributed by atoms with Gasteiger partial charge in [0.2, 0.25) is 5.78 Å². The molecule has 0 aliphatic heterocycles. The molecule has 2 aromatic carbocycles. The molecule has 0 spiro atoms. The zero-order valence-corrected chi connectivity index (χ0v) is 14.8. The fourth-order valence-corrected chi connectivity index (χ4v) is 2.49. The van der Waals surface area contributed by atoms with Crippen LogP contribution in [-0.2, 0) is 4.74 Å². The summed E-state index contributed by atoms with van der Waals surface area (Å²) in [4.78, 5) is 37.0. The Hall–Kier alpha value is -3.74. The van der Waals surface area contributed by atoms with Gasteiger partial charge >= 0.3 is 5.97 Å². The summed E-state index contributed by atoms with van der Waals surface area (Å²) in [6.07, 6.45) is 0.268. The Morgan fingerprint density at radius 2 is 1.71 bits per heavy atom. The average Bonchev–Trinajstić information content (AvgIpc) is 3.23. The lowest BCUT2D eigenvalue weighted by Crippen LogP contribution is -2.25. The highest BCUT2D eigenvalue weighted by molar-refractivity contribution is 6.07. The largest absolute Gasteiger partial charge is 0.459 e. The van der Waals surface area contributed by atoms with Gasteiger partial charge in [-0.3, -0.25) is 9.59 Å². The van der Waals surface area contributed by atoms with Crippen molar-refractivity contribution in [3.05, 3.63) is 89.6 Å². The van der Waals surface area contributed by atoms with Gasteiger partial charge in [-0.25, -0.2) is 9.18 Å². The third-order valence-corrected chi connectivity index (χ3v) is 3.92. The molecule has 6 nitrogen and oxygen atoms in total. The Kier molecular flexibility index (Phi) is 5.64. The fourth-order valence-electron chi connectivity index (χ4n) is 2.49. The zero-order chi connectivity index (χ0) is 20.1. The van der Waals surface area contributed by atoms with Crippen molar-refractivity contribution in [2.45, 2.75) is 13.0 Å². The molecule has 0 bridgehead atoms. The molecule has 3 aromatic rings. The lowest BCUT2D eigenvalue weighted by molar-refractivity contribution is 0.0319. The molecule has 0 radical (unpaired) electrons. The molecule has 1 amide bonds. The molecular formula is C21H16FNO5. The topological polar surface area (TPSA) is 85.6 Å². The van der Waals surface area contributed by atoms with Crippen molar-refractivity contribution in [3.63, 3.8) is 0 Å². The summed E-state index contributed by atoms with van der Waals surface area (Å²) < 4.78 is 23.3. The number of para-hydroxylation sites is 1. The number of Topliss-reactive ketones (excluding diaryl/α,β-unsaturated/α-hetero) is 1. The van der Waals surface area contributed by atoms with Crippen LogP contribution < -0.4 is 5.32 Å². The van der Waals surface area contributed by atoms with E-state index in [1.54, 1.807) is 18.2 Å². The van der Waals surface area contributed by atoms with Gasteiger partial charge in [-0.2, -0.15) is 0 Å². The van der Waals surface area contributed by atoms with Crippen LogP contribution in [0.5, 0.6) is 0 Å². The molecule has 0 saturated carbocycles. The predicted octanol–water partition coefficient (Wildman–Crippen LogP) is 4.10. The molecule has 3 rings (SSSR count). The van der Waals surface area contributed by atoms with E-state index in [0.29, 0.717) is 0 Å². The third kappa shape index (κ3) is 4.32. The number of furan rings is 1. The smallest absolute Gasteiger partial charge is 0.340 e. The molecule has 1 N–H and O–H groups in total. The second-order valence-electron chi connectivity index (χ2n) is 5.90. The molecule has 0 unspecified atom stereocenters. The number of carbonyl (C=O) groups excluding carboxylic acids is 3. The summed E-state index contributed by atoms with van der Waals surface area (Å²) in [5.41, 5.74) is 0.526. The van der Waals surface area contributed by atoms with Gasteiger partial charge in [-0.05, 0) is 55.5 Å². The predicted molar refractivity (Wildman–Crippen MR) is 98.7 cm³/mol. The Balaban J connectivity index is 1.72. The van der Waals surface area contributed by atoms with E-state index >= 15 is 0 Å². The van der Waals surface area contributed by atoms with E-state index in [0.717, 1.165) is 12.1 Å². The van der Waals surface area contributed by atoms with Crippen LogP contribution in [0.3, 0.4) is 0 Å². The van der Waals surface area contributed by atoms with Gasteiger partial charge < -0.3 is 14.5 Å². The number of nitrogens with one attached hydrogen (secondary N) is 1. The van der Waals surface area contributed by atoms with E-state index in [-0.39, 0.29) is 22.6 Å². The number of amides is 1. The SMILES string of the molecule is C[C@H](OC(=O)c1ccccc1NC(=O)c1ccco1)C(=O)c1ccc(F)cc1. The van der Waals surface area contributed by atoms with Gasteiger partial charge in [0.1, 0.15) is 5.82 Å². The number of benzene rings is 2. The minimum atomic E-state index is -1.09. The number of carbonyl (C=O) groups is 3. The number of ether oxygens (including phenoxy) is 1. The normalized spacial score (nSPS) is 11.5. The second kappa shape index (κ2) is 8.30. The Morgan fingerprint density at radius 3 is 2.39 bits per heavy atom. The number of hydrogen-bond donors (Lipinski definition) is 1. The Bertz CT molecular complexity index is 996. The number of anilines is 1. The zero-order valence-electron chi connectivity index (χ0n) is 14.8. The van der Waals surface area contributed by atoms with Crippen LogP contribution in [0.4, 0.5) is 10.1 Å². The van der Waals surface area contributed by atoms with Gasteiger partial charge in [0.25, 0.3) is 5.91 Å². The van der Waals surface area contributed by atoms with E-state index in [1.807, 2.05) is 0 Å². The summed E-state index contributed by atoms with van der Waals surface area (Å²) >= 11 is 0. The summed E-state index contributed by atoms with van der Waals surface area (Å²) in [5, 5.41) is 2.57. The highest BCUT2D eigenvalue weighted by Crippen LogP contribution is 2.19. The molecule has 1 atom stereocenters. The quantitative estimate of drug-likeness (QED) is 0.513. The van der Waals surface area contributed by atoms with Gasteiger partial charge in [0.15, 0.2) is 11.9 Å². The average molecular weight is 381 g/mol. The third-order valence-electron chi connectivity index (χ3n) is 3.92. The van der Waals surface area contributed by atoms with Crippen LogP contribution >= 0.6 is 0 Å². The number of halogens is 1. The highest BCUT2D eigenvalue weighted by atomic mass is 19.1. The fraction of sp³-hybridized carbons (Fsp3) is 0.0952. The standard InChI is InChI=1S/C21H16FNO5/c1-13(19(24)14-8-10-15(22)11-9-14)28-21(26)16-5-2-3-6-17(16)23-20(25)18-7-4-12-27-18/h2-13H,1H3,(H,23,25)/t13-/m0/s1. The first-order valence-electron chi connectivity index (χ1n) is 8.40. The van der Waals surface area contributed by atoms with Crippen molar-refractivity contribution in [2.75, 3.05) is 5.32 Å². The van der Waals surface area contributed by atoms with Crippen LogP contribution in [0.2, 0.25) is 0 Å². The number of rotatable bonds is 6. The van der Waals surface area contributed by atoms with Crippen LogP contribution in [0.15, 0.2) is 71.3 Å². The lowest BCUT2D eigenvalue weighted by Gasteiger charge is -2.14. The minimum Gasteiger partial charge on any atom is -0.459 e. The lowest BCUT2D eigenvalue weighted by atomic mass is 10.1. The molecule has 0 saturated heterocycles. The van der Waals surface area contributed by atoms with Crippen LogP contribution in [0.1, 0.15) is 38.2 Å². The molecule has 1 heterocycles. The van der Waals surface area contributed by atoms with E-state index in [9.17, 15) is 18.8 Å². The van der Waals surface area contributed by atoms with Crippen LogP contribution in [-0.4, -0.2) is 23.8 Å². The molecule has 28 heavy (non-hydrogen) atoms. The number of ketones is 1. The van der Waals surface area contributed by atoms with Crippen LogP contribution in [0, 0.1) is 5.82 Å². The molecule has 0 aliphatic carbocycles. The second-order valence-corrected chi connectivity index (χ2v) is 5.90. The number of esters is 1. The van der Waals surface area contributed by atoms with Crippen molar-refractivity contribution < 1.29 is 27.9 Å². The van der Waals surface area contributed by atoms with Gasteiger partial charge in [0, 0.05) is 5.56 Å². The molecular weight excluding hydrogens is 365 g/mol. The van der Waals surface area contributed by atoms with Gasteiger partial charge in [0.05, 0.1) is 17.5 Å². The highest BCUT2D eigenvalue weighted by Gasteiger charge is 2.23. The Morgan fingerprint density at radius 1 is 1.00 bits per heavy atom. The first-order chi connectivity index (χ1) is 13.5. The summed E-state index contributed by atoms with van der Waals surface area (Å²) in [6.45, 7) is 1.42. The Labute approximate surface area is 159 Å². The van der Waals surface area contributed by atoms with E-state index < -0.39 is 29.6 Å². The van der Waals surface area contributed by atoms with Crippen LogP contribution in [0.25, 0.3) is 0 Å². The van der Waals surface area contributed by atoms with Gasteiger partial charge in [-0.15, -0.1) is 0 Å². The van der Waals surface area contributed by atoms with Crippen molar-refractivity contribution in [1.82, 2.24) is 0 Å². The maximum absolute atomic E-state index is 13.0. The van der Waals surface area contributed by atoms with Crippen molar-refractivity contribution >= 4 is 23.3 Å². The molecule has 0 fully saturated rings. The van der Waals surface area contributed by atoms with E-state index in [4.69, 9.17) is 9.15 Å². The summed E-state index contributed by atoms with van der Waals surface area (Å²) in [5.74, 6) is -2.16. The molecule has 1 aromatic heterocycles. The first kappa shape index (κ1) is 19.0. The molecule has 142 valence electrons. The van der Waals surface area contributed by atoms with Crippen molar-refractivity contribution in [2.24, 2.45) is 0 Å². The summed E-state index contributed by atoms with van der Waals surface area (Å²) in [6, 6.07) is 14.2. The maximum atomic E-state index is 13.0. The number of hydrogen-bond acceptors (Lipinski definition) is 5. The van der Waals surface area contributed by atoms with E-state index in [2.05, 4.69) is 5.32 Å². The van der Waals surface area contributed by atoms with Crippen molar-refractivity contribution in [1.29, 1.82) is 0 Å². The van der Waals surface area contributed by atoms with E-state index in [1.165, 1.54) is 43.5 Å². The summed E-state index contributed by atoms with van der Waals surface area (Å²) in [7, 11) is 0.